The summed E-state index contributed by atoms with van der Waals surface area (Å²) in [5, 5.41) is 13.6. The fraction of sp³-hybridized carbons (Fsp3) is 0.286. The molecule has 0 saturated heterocycles. The third-order valence-electron chi connectivity index (χ3n) is 2.02. The van der Waals surface area contributed by atoms with Gasteiger partial charge >= 0.3 is 0 Å². The summed E-state index contributed by atoms with van der Waals surface area (Å²) < 4.78 is 26.1. The summed E-state index contributed by atoms with van der Waals surface area (Å²) >= 11 is 0.803. The average molecular weight is 274 g/mol. The van der Waals surface area contributed by atoms with Crippen LogP contribution < -0.4 is 10.5 Å². The Kier molecular flexibility index (Phi) is 2.75. The highest BCUT2D eigenvalue weighted by Gasteiger charge is 2.22. The van der Waals surface area contributed by atoms with Crippen LogP contribution in [0.3, 0.4) is 0 Å². The summed E-state index contributed by atoms with van der Waals surface area (Å²) in [6, 6.07) is 0. The van der Waals surface area contributed by atoms with E-state index < -0.39 is 10.0 Å². The minimum atomic E-state index is -3.75. The Bertz CT molecular complexity index is 624. The molecule has 0 radical (unpaired) electrons. The van der Waals surface area contributed by atoms with Crippen molar-refractivity contribution in [2.24, 2.45) is 0 Å². The molecule has 0 fully saturated rings. The first-order valence-corrected chi connectivity index (χ1v) is 6.83. The molecule has 0 aliphatic carbocycles. The van der Waals surface area contributed by atoms with Crippen LogP contribution in [0.5, 0.6) is 0 Å². The summed E-state index contributed by atoms with van der Waals surface area (Å²) in [4.78, 5) is 0. The Morgan fingerprint density at radius 1 is 1.35 bits per heavy atom. The number of aryl methyl sites for hydroxylation is 2. The van der Waals surface area contributed by atoms with E-state index in [1.807, 2.05) is 0 Å². The summed E-state index contributed by atoms with van der Waals surface area (Å²) in [5.41, 5.74) is 6.95. The second kappa shape index (κ2) is 3.96. The maximum atomic E-state index is 11.9. The van der Waals surface area contributed by atoms with Gasteiger partial charge in [0.15, 0.2) is 0 Å². The highest BCUT2D eigenvalue weighted by Crippen LogP contribution is 2.23. The maximum absolute atomic E-state index is 11.9. The number of sulfonamides is 1. The quantitative estimate of drug-likeness (QED) is 0.737. The van der Waals surface area contributed by atoms with Gasteiger partial charge in [-0.3, -0.25) is 9.82 Å². The molecule has 17 heavy (non-hydrogen) atoms. The minimum Gasteiger partial charge on any atom is -0.374 e. The zero-order chi connectivity index (χ0) is 12.6. The Hall–Kier alpha value is -1.68. The SMILES string of the molecule is Cc1n[nH]c(C)c1NS(=O)(=O)c1nnc(N)s1. The van der Waals surface area contributed by atoms with Crippen LogP contribution in [0.2, 0.25) is 0 Å². The van der Waals surface area contributed by atoms with Crippen molar-refractivity contribution in [3.8, 4) is 0 Å². The van der Waals surface area contributed by atoms with Gasteiger partial charge in [0, 0.05) is 0 Å². The van der Waals surface area contributed by atoms with Gasteiger partial charge in [0.25, 0.3) is 14.4 Å². The number of nitrogens with one attached hydrogen (secondary N) is 2. The van der Waals surface area contributed by atoms with E-state index in [1.165, 1.54) is 0 Å². The molecule has 2 rings (SSSR count). The Labute approximate surface area is 101 Å². The molecule has 0 bridgehead atoms. The predicted molar refractivity (Wildman–Crippen MR) is 63.2 cm³/mol. The Morgan fingerprint density at radius 2 is 2.06 bits per heavy atom. The minimum absolute atomic E-state index is 0.103. The Balaban J connectivity index is 2.36. The van der Waals surface area contributed by atoms with Crippen LogP contribution in [0, 0.1) is 13.8 Å². The second-order valence-corrected chi connectivity index (χ2v) is 6.19. The third-order valence-corrected chi connectivity index (χ3v) is 4.49. The monoisotopic (exact) mass is 274 g/mol. The summed E-state index contributed by atoms with van der Waals surface area (Å²) in [7, 11) is -3.75. The van der Waals surface area contributed by atoms with Crippen molar-refractivity contribution in [3.63, 3.8) is 0 Å². The van der Waals surface area contributed by atoms with E-state index >= 15 is 0 Å². The van der Waals surface area contributed by atoms with Crippen LogP contribution in [-0.2, 0) is 10.0 Å². The van der Waals surface area contributed by atoms with E-state index in [2.05, 4.69) is 25.1 Å². The molecule has 2 aromatic heterocycles. The highest BCUT2D eigenvalue weighted by molar-refractivity contribution is 7.94. The van der Waals surface area contributed by atoms with E-state index in [9.17, 15) is 8.42 Å². The van der Waals surface area contributed by atoms with Crippen molar-refractivity contribution in [1.29, 1.82) is 0 Å². The van der Waals surface area contributed by atoms with Crippen LogP contribution in [-0.4, -0.2) is 28.8 Å². The molecule has 2 aromatic rings. The zero-order valence-electron chi connectivity index (χ0n) is 9.05. The van der Waals surface area contributed by atoms with Gasteiger partial charge in [-0.2, -0.15) is 13.5 Å². The number of nitrogen functional groups attached to an aromatic ring is 1. The summed E-state index contributed by atoms with van der Waals surface area (Å²) in [6.07, 6.45) is 0. The van der Waals surface area contributed by atoms with E-state index in [0.29, 0.717) is 17.1 Å². The largest absolute Gasteiger partial charge is 0.374 e. The molecule has 0 unspecified atom stereocenters. The molecule has 0 aromatic carbocycles. The van der Waals surface area contributed by atoms with Crippen molar-refractivity contribution >= 4 is 32.2 Å². The number of nitrogens with zero attached hydrogens (tertiary/aromatic N) is 3. The van der Waals surface area contributed by atoms with E-state index in [-0.39, 0.29) is 9.47 Å². The molecule has 92 valence electrons. The highest BCUT2D eigenvalue weighted by atomic mass is 32.2. The van der Waals surface area contributed by atoms with Gasteiger partial charge < -0.3 is 5.73 Å². The molecule has 0 aliphatic rings. The van der Waals surface area contributed by atoms with Crippen LogP contribution >= 0.6 is 11.3 Å². The molecule has 0 atom stereocenters. The molecular formula is C7H10N6O2S2. The smallest absolute Gasteiger partial charge is 0.291 e. The lowest BCUT2D eigenvalue weighted by Crippen LogP contribution is -2.13. The topological polar surface area (TPSA) is 127 Å². The first kappa shape index (κ1) is 11.8. The normalized spacial score (nSPS) is 11.6. The fourth-order valence-electron chi connectivity index (χ4n) is 1.21. The number of hydrogen-bond acceptors (Lipinski definition) is 7. The third kappa shape index (κ3) is 2.22. The number of hydrogen-bond donors (Lipinski definition) is 3. The lowest BCUT2D eigenvalue weighted by atomic mass is 10.3. The van der Waals surface area contributed by atoms with Crippen LogP contribution in [0.4, 0.5) is 10.8 Å². The van der Waals surface area contributed by atoms with Gasteiger partial charge in [0.2, 0.25) is 5.13 Å². The number of anilines is 2. The lowest BCUT2D eigenvalue weighted by Gasteiger charge is -2.04. The summed E-state index contributed by atoms with van der Waals surface area (Å²) in [5.74, 6) is 0. The molecule has 10 heteroatoms. The van der Waals surface area contributed by atoms with E-state index in [1.54, 1.807) is 13.8 Å². The summed E-state index contributed by atoms with van der Waals surface area (Å²) in [6.45, 7) is 3.40. The number of H-pyrrole nitrogens is 1. The zero-order valence-corrected chi connectivity index (χ0v) is 10.7. The first-order chi connectivity index (χ1) is 7.90. The molecular weight excluding hydrogens is 264 g/mol. The number of aromatic amines is 1. The molecule has 0 saturated carbocycles. The molecule has 2 heterocycles. The number of rotatable bonds is 3. The number of aromatic nitrogens is 4. The van der Waals surface area contributed by atoms with Crippen LogP contribution in [0.25, 0.3) is 0 Å². The Morgan fingerprint density at radius 3 is 2.53 bits per heavy atom. The molecule has 0 amide bonds. The molecule has 4 N–H and O–H groups in total. The average Bonchev–Trinajstić information content (AvgIpc) is 2.80. The molecule has 8 nitrogen and oxygen atoms in total. The lowest BCUT2D eigenvalue weighted by molar-refractivity contribution is 0.599. The second-order valence-electron chi connectivity index (χ2n) is 3.32. The van der Waals surface area contributed by atoms with Crippen molar-refractivity contribution in [1.82, 2.24) is 20.4 Å². The molecule has 0 spiro atoms. The van der Waals surface area contributed by atoms with Crippen molar-refractivity contribution in [3.05, 3.63) is 11.4 Å². The van der Waals surface area contributed by atoms with E-state index in [0.717, 1.165) is 11.3 Å². The first-order valence-electron chi connectivity index (χ1n) is 4.53. The van der Waals surface area contributed by atoms with Gasteiger partial charge in [0.1, 0.15) is 0 Å². The van der Waals surface area contributed by atoms with Gasteiger partial charge in [0.05, 0.1) is 17.1 Å². The molecule has 0 aliphatic heterocycles. The van der Waals surface area contributed by atoms with Crippen molar-refractivity contribution < 1.29 is 8.42 Å². The predicted octanol–water partition coefficient (Wildman–Crippen LogP) is 0.261. The fourth-order valence-corrected chi connectivity index (χ4v) is 3.18. The standard InChI is InChI=1S/C7H10N6O2S2/c1-3-5(4(2)10-9-3)13-17(14,15)7-12-11-6(8)16-7/h13H,1-2H3,(H2,8,11)(H,9,10). The van der Waals surface area contributed by atoms with Crippen LogP contribution in [0.15, 0.2) is 4.34 Å². The van der Waals surface area contributed by atoms with Crippen molar-refractivity contribution in [2.75, 3.05) is 10.5 Å². The van der Waals surface area contributed by atoms with Crippen molar-refractivity contribution in [2.45, 2.75) is 18.2 Å². The van der Waals surface area contributed by atoms with Gasteiger partial charge in [-0.15, -0.1) is 10.2 Å². The van der Waals surface area contributed by atoms with E-state index in [4.69, 9.17) is 5.73 Å². The van der Waals surface area contributed by atoms with Gasteiger partial charge in [-0.05, 0) is 13.8 Å². The number of nitrogens with two attached hydrogens (primary N) is 1. The van der Waals surface area contributed by atoms with Crippen LogP contribution in [0.1, 0.15) is 11.4 Å². The van der Waals surface area contributed by atoms with Gasteiger partial charge in [-0.1, -0.05) is 11.3 Å². The van der Waals surface area contributed by atoms with Gasteiger partial charge in [-0.25, -0.2) is 0 Å². The maximum Gasteiger partial charge on any atom is 0.291 e.